The number of anilines is 2. The van der Waals surface area contributed by atoms with E-state index in [2.05, 4.69) is 31.2 Å². The molecule has 96 valence electrons. The number of nitrogen functional groups attached to an aromatic ring is 1. The van der Waals surface area contributed by atoms with E-state index in [0.29, 0.717) is 12.0 Å². The molecule has 0 saturated carbocycles. The Morgan fingerprint density at radius 2 is 2.24 bits per heavy atom. The van der Waals surface area contributed by atoms with Crippen molar-refractivity contribution in [1.29, 1.82) is 0 Å². The highest BCUT2D eigenvalue weighted by molar-refractivity contribution is 5.66. The van der Waals surface area contributed by atoms with Crippen LogP contribution in [0.15, 0.2) is 0 Å². The molecule has 17 heavy (non-hydrogen) atoms. The van der Waals surface area contributed by atoms with E-state index in [-0.39, 0.29) is 6.10 Å². The first-order valence-electron chi connectivity index (χ1n) is 6.21. The molecule has 3 N–H and O–H groups in total. The van der Waals surface area contributed by atoms with Gasteiger partial charge in [-0.2, -0.15) is 5.10 Å². The number of aromatic nitrogens is 2. The summed E-state index contributed by atoms with van der Waals surface area (Å²) >= 11 is 0. The normalized spacial score (nSPS) is 24.5. The molecule has 0 aromatic carbocycles. The molecular formula is C12H22N4O. The molecule has 0 radical (unpaired) electrons. The third-order valence-corrected chi connectivity index (χ3v) is 3.36. The smallest absolute Gasteiger partial charge is 0.148 e. The van der Waals surface area contributed by atoms with Gasteiger partial charge in [-0.15, -0.1) is 0 Å². The van der Waals surface area contributed by atoms with Gasteiger partial charge in [0.05, 0.1) is 23.5 Å². The van der Waals surface area contributed by atoms with Crippen LogP contribution in [0.1, 0.15) is 38.8 Å². The van der Waals surface area contributed by atoms with E-state index in [1.807, 2.05) is 11.7 Å². The van der Waals surface area contributed by atoms with Gasteiger partial charge in [-0.05, 0) is 19.3 Å². The van der Waals surface area contributed by atoms with Crippen LogP contribution >= 0.6 is 0 Å². The highest BCUT2D eigenvalue weighted by Gasteiger charge is 2.26. The van der Waals surface area contributed by atoms with Crippen LogP contribution in [0.5, 0.6) is 0 Å². The van der Waals surface area contributed by atoms with Crippen molar-refractivity contribution in [3.05, 3.63) is 5.69 Å². The molecular weight excluding hydrogens is 216 g/mol. The lowest BCUT2D eigenvalue weighted by Crippen LogP contribution is -2.28. The molecule has 1 fully saturated rings. The third-order valence-electron chi connectivity index (χ3n) is 3.36. The minimum absolute atomic E-state index is 0.229. The molecule has 0 spiro atoms. The Morgan fingerprint density at radius 1 is 1.53 bits per heavy atom. The Kier molecular flexibility index (Phi) is 3.28. The number of aryl methyl sites for hydroxylation is 1. The van der Waals surface area contributed by atoms with Crippen LogP contribution < -0.4 is 11.1 Å². The number of rotatable bonds is 3. The Balaban J connectivity index is 2.20. The molecule has 0 amide bonds. The van der Waals surface area contributed by atoms with Gasteiger partial charge in [-0.25, -0.2) is 0 Å². The minimum Gasteiger partial charge on any atom is -0.394 e. The zero-order chi connectivity index (χ0) is 12.6. The summed E-state index contributed by atoms with van der Waals surface area (Å²) in [4.78, 5) is 0. The Labute approximate surface area is 102 Å². The van der Waals surface area contributed by atoms with E-state index in [9.17, 15) is 0 Å². The van der Waals surface area contributed by atoms with E-state index in [4.69, 9.17) is 10.5 Å². The van der Waals surface area contributed by atoms with Crippen molar-refractivity contribution in [3.63, 3.8) is 0 Å². The zero-order valence-corrected chi connectivity index (χ0v) is 11.0. The van der Waals surface area contributed by atoms with E-state index < -0.39 is 0 Å². The first-order chi connectivity index (χ1) is 8.00. The van der Waals surface area contributed by atoms with Crippen molar-refractivity contribution >= 4 is 11.5 Å². The summed E-state index contributed by atoms with van der Waals surface area (Å²) in [5.41, 5.74) is 7.87. The molecule has 1 aliphatic rings. The summed E-state index contributed by atoms with van der Waals surface area (Å²) in [6, 6.07) is 0.327. The summed E-state index contributed by atoms with van der Waals surface area (Å²) in [5.74, 6) is 1.25. The highest BCUT2D eigenvalue weighted by atomic mass is 16.5. The van der Waals surface area contributed by atoms with E-state index in [0.717, 1.165) is 30.2 Å². The number of ether oxygens (including phenoxy) is 1. The van der Waals surface area contributed by atoms with Gasteiger partial charge in [0.1, 0.15) is 5.82 Å². The molecule has 0 aliphatic carbocycles. The van der Waals surface area contributed by atoms with Gasteiger partial charge in [0.15, 0.2) is 0 Å². The summed E-state index contributed by atoms with van der Waals surface area (Å²) < 4.78 is 7.37. The molecule has 2 unspecified atom stereocenters. The van der Waals surface area contributed by atoms with Crippen LogP contribution in [0.3, 0.4) is 0 Å². The van der Waals surface area contributed by atoms with E-state index >= 15 is 0 Å². The molecule has 0 bridgehead atoms. The molecule has 2 heterocycles. The van der Waals surface area contributed by atoms with Crippen molar-refractivity contribution in [1.82, 2.24) is 9.78 Å². The second-order valence-corrected chi connectivity index (χ2v) is 5.04. The average Bonchev–Trinajstić information content (AvgIpc) is 2.77. The first kappa shape index (κ1) is 12.2. The fourth-order valence-electron chi connectivity index (χ4n) is 2.26. The van der Waals surface area contributed by atoms with Crippen LogP contribution in [0, 0.1) is 0 Å². The van der Waals surface area contributed by atoms with Gasteiger partial charge >= 0.3 is 0 Å². The van der Waals surface area contributed by atoms with Crippen LogP contribution in [-0.2, 0) is 11.8 Å². The maximum Gasteiger partial charge on any atom is 0.148 e. The summed E-state index contributed by atoms with van der Waals surface area (Å²) in [7, 11) is 1.92. The maximum absolute atomic E-state index is 6.14. The van der Waals surface area contributed by atoms with E-state index in [1.54, 1.807) is 0 Å². The van der Waals surface area contributed by atoms with Gasteiger partial charge in [0.25, 0.3) is 0 Å². The van der Waals surface area contributed by atoms with Gasteiger partial charge in [0.2, 0.25) is 0 Å². The fourth-order valence-corrected chi connectivity index (χ4v) is 2.26. The van der Waals surface area contributed by atoms with Gasteiger partial charge in [-0.3, -0.25) is 4.68 Å². The summed E-state index contributed by atoms with van der Waals surface area (Å²) in [6.45, 7) is 7.10. The summed E-state index contributed by atoms with van der Waals surface area (Å²) in [5, 5.41) is 7.92. The number of nitrogens with zero attached hydrogens (tertiary/aromatic N) is 2. The lowest BCUT2D eigenvalue weighted by Gasteiger charge is -2.17. The van der Waals surface area contributed by atoms with E-state index in [1.165, 1.54) is 0 Å². The quantitative estimate of drug-likeness (QED) is 0.841. The second kappa shape index (κ2) is 4.56. The topological polar surface area (TPSA) is 65.1 Å². The van der Waals surface area contributed by atoms with Crippen molar-refractivity contribution in [2.75, 3.05) is 17.7 Å². The predicted octanol–water partition coefficient (Wildman–Crippen LogP) is 1.72. The molecule has 1 aromatic heterocycles. The van der Waals surface area contributed by atoms with Gasteiger partial charge in [-0.1, -0.05) is 13.8 Å². The lowest BCUT2D eigenvalue weighted by atomic mass is 10.1. The molecule has 1 aromatic rings. The maximum atomic E-state index is 6.14. The number of nitrogens with one attached hydrogen (secondary N) is 1. The second-order valence-electron chi connectivity index (χ2n) is 5.04. The zero-order valence-electron chi connectivity index (χ0n) is 11.0. The van der Waals surface area contributed by atoms with Crippen molar-refractivity contribution < 1.29 is 4.74 Å². The Hall–Kier alpha value is -1.23. The molecule has 1 aliphatic heterocycles. The Bertz CT molecular complexity index is 399. The largest absolute Gasteiger partial charge is 0.394 e. The molecule has 5 nitrogen and oxygen atoms in total. The van der Waals surface area contributed by atoms with Crippen LogP contribution in [-0.4, -0.2) is 28.5 Å². The number of hydrogen-bond donors (Lipinski definition) is 2. The monoisotopic (exact) mass is 238 g/mol. The van der Waals surface area contributed by atoms with Crippen LogP contribution in [0.4, 0.5) is 11.5 Å². The summed E-state index contributed by atoms with van der Waals surface area (Å²) in [6.07, 6.45) is 1.25. The SMILES string of the molecule is CC(C)c1nn(C)c(NC2CCOC2C)c1N. The number of nitrogens with two attached hydrogens (primary N) is 1. The molecule has 1 saturated heterocycles. The van der Waals surface area contributed by atoms with Gasteiger partial charge in [0, 0.05) is 13.7 Å². The fraction of sp³-hybridized carbons (Fsp3) is 0.750. The molecule has 5 heteroatoms. The van der Waals surface area contributed by atoms with Crippen molar-refractivity contribution in [2.24, 2.45) is 7.05 Å². The average molecular weight is 238 g/mol. The standard InChI is InChI=1S/C12H22N4O/c1-7(2)11-10(13)12(16(4)15-11)14-9-5-6-17-8(9)3/h7-9,14H,5-6,13H2,1-4H3. The molecule has 2 rings (SSSR count). The van der Waals surface area contributed by atoms with Crippen molar-refractivity contribution in [3.8, 4) is 0 Å². The van der Waals surface area contributed by atoms with Crippen LogP contribution in [0.25, 0.3) is 0 Å². The Morgan fingerprint density at radius 3 is 2.71 bits per heavy atom. The minimum atomic E-state index is 0.229. The highest BCUT2D eigenvalue weighted by Crippen LogP contribution is 2.29. The number of hydrogen-bond acceptors (Lipinski definition) is 4. The van der Waals surface area contributed by atoms with Crippen LogP contribution in [0.2, 0.25) is 0 Å². The van der Waals surface area contributed by atoms with Crippen molar-refractivity contribution in [2.45, 2.75) is 45.3 Å². The van der Waals surface area contributed by atoms with Gasteiger partial charge < -0.3 is 15.8 Å². The first-order valence-corrected chi connectivity index (χ1v) is 6.21. The molecule has 2 atom stereocenters. The predicted molar refractivity (Wildman–Crippen MR) is 69.2 cm³/mol. The lowest BCUT2D eigenvalue weighted by molar-refractivity contribution is 0.121. The third kappa shape index (κ3) is 2.24.